The molecule has 0 fully saturated rings. The maximum atomic E-state index is 12.7. The third kappa shape index (κ3) is 4.55. The maximum Gasteiger partial charge on any atom is 0.252 e. The molecule has 0 unspecified atom stereocenters. The summed E-state index contributed by atoms with van der Waals surface area (Å²) in [4.78, 5) is 14.3. The molecule has 27 heavy (non-hydrogen) atoms. The van der Waals surface area contributed by atoms with Crippen molar-refractivity contribution in [3.8, 4) is 12.1 Å². The van der Waals surface area contributed by atoms with E-state index >= 15 is 0 Å². The van der Waals surface area contributed by atoms with E-state index in [1.807, 2.05) is 48.5 Å². The van der Waals surface area contributed by atoms with Crippen LogP contribution in [0.4, 0.5) is 0 Å². The van der Waals surface area contributed by atoms with Gasteiger partial charge in [0.1, 0.15) is 6.07 Å². The predicted molar refractivity (Wildman–Crippen MR) is 104 cm³/mol. The van der Waals surface area contributed by atoms with Crippen LogP contribution in [0.5, 0.6) is 0 Å². The highest BCUT2D eigenvalue weighted by atomic mass is 32.2. The Morgan fingerprint density at radius 3 is 2.22 bits per heavy atom. The van der Waals surface area contributed by atoms with Crippen LogP contribution in [0.15, 0.2) is 82.6 Å². The first-order chi connectivity index (χ1) is 13.2. The second-order valence-corrected chi connectivity index (χ2v) is 6.78. The van der Waals surface area contributed by atoms with Crippen molar-refractivity contribution >= 4 is 17.7 Å². The zero-order chi connectivity index (χ0) is 19.1. The zero-order valence-electron chi connectivity index (χ0n) is 14.3. The van der Waals surface area contributed by atoms with Crippen LogP contribution in [-0.4, -0.2) is 5.91 Å². The summed E-state index contributed by atoms with van der Waals surface area (Å²) in [6.07, 6.45) is 0. The minimum atomic E-state index is -0.183. The van der Waals surface area contributed by atoms with Gasteiger partial charge in [0.25, 0.3) is 5.91 Å². The normalized spacial score (nSPS) is 9.85. The van der Waals surface area contributed by atoms with Gasteiger partial charge in [-0.05, 0) is 42.0 Å². The topological polar surface area (TPSA) is 76.7 Å². The number of amides is 1. The molecule has 4 nitrogen and oxygen atoms in total. The van der Waals surface area contributed by atoms with Gasteiger partial charge in [-0.1, -0.05) is 48.2 Å². The van der Waals surface area contributed by atoms with Crippen LogP contribution in [0.25, 0.3) is 0 Å². The quantitative estimate of drug-likeness (QED) is 0.718. The Kier molecular flexibility index (Phi) is 5.89. The maximum absolute atomic E-state index is 12.7. The van der Waals surface area contributed by atoms with E-state index in [0.717, 1.165) is 15.4 Å². The fourth-order valence-electron chi connectivity index (χ4n) is 2.48. The van der Waals surface area contributed by atoms with E-state index < -0.39 is 0 Å². The van der Waals surface area contributed by atoms with E-state index in [1.165, 1.54) is 11.8 Å². The molecule has 0 aliphatic carbocycles. The molecule has 1 amide bonds. The highest BCUT2D eigenvalue weighted by Crippen LogP contribution is 2.32. The van der Waals surface area contributed by atoms with Gasteiger partial charge in [0, 0.05) is 16.3 Å². The van der Waals surface area contributed by atoms with Gasteiger partial charge in [-0.3, -0.25) is 4.79 Å². The second-order valence-electron chi connectivity index (χ2n) is 5.70. The number of hydrogen-bond donors (Lipinski definition) is 1. The number of rotatable bonds is 5. The Labute approximate surface area is 162 Å². The molecule has 0 aromatic heterocycles. The summed E-state index contributed by atoms with van der Waals surface area (Å²) in [5, 5.41) is 21.0. The number of benzene rings is 3. The molecule has 3 rings (SSSR count). The third-order valence-corrected chi connectivity index (χ3v) is 5.05. The second kappa shape index (κ2) is 8.71. The number of hydrogen-bond acceptors (Lipinski definition) is 4. The first-order valence-corrected chi connectivity index (χ1v) is 9.06. The highest BCUT2D eigenvalue weighted by Gasteiger charge is 2.13. The lowest BCUT2D eigenvalue weighted by atomic mass is 10.1. The summed E-state index contributed by atoms with van der Waals surface area (Å²) in [7, 11) is 0. The minimum Gasteiger partial charge on any atom is -0.348 e. The van der Waals surface area contributed by atoms with Gasteiger partial charge in [-0.25, -0.2) is 0 Å². The van der Waals surface area contributed by atoms with E-state index in [2.05, 4.69) is 17.5 Å². The fourth-order valence-corrected chi connectivity index (χ4v) is 3.51. The van der Waals surface area contributed by atoms with E-state index in [4.69, 9.17) is 5.26 Å². The van der Waals surface area contributed by atoms with Crippen LogP contribution in [0.3, 0.4) is 0 Å². The molecule has 0 aliphatic heterocycles. The zero-order valence-corrected chi connectivity index (χ0v) is 15.2. The van der Waals surface area contributed by atoms with Gasteiger partial charge in [-0.2, -0.15) is 10.5 Å². The summed E-state index contributed by atoms with van der Waals surface area (Å²) < 4.78 is 0. The molecular weight excluding hydrogens is 354 g/mol. The average Bonchev–Trinajstić information content (AvgIpc) is 2.73. The van der Waals surface area contributed by atoms with Gasteiger partial charge in [0.15, 0.2) is 0 Å². The van der Waals surface area contributed by atoms with Crippen molar-refractivity contribution in [2.24, 2.45) is 0 Å². The van der Waals surface area contributed by atoms with Gasteiger partial charge in [0.05, 0.1) is 22.8 Å². The largest absolute Gasteiger partial charge is 0.348 e. The Morgan fingerprint density at radius 2 is 1.52 bits per heavy atom. The Morgan fingerprint density at radius 1 is 0.852 bits per heavy atom. The van der Waals surface area contributed by atoms with Crippen molar-refractivity contribution in [2.75, 3.05) is 0 Å². The van der Waals surface area contributed by atoms with Gasteiger partial charge in [-0.15, -0.1) is 0 Å². The standard InChI is InChI=1S/C22H15N3OS/c23-13-16-9-11-17(12-10-16)15-25-22(26)19-6-2-4-8-21(19)27-20-7-3-1-5-18(20)14-24/h1-12H,15H2,(H,25,26). The Bertz CT molecular complexity index is 1050. The van der Waals surface area contributed by atoms with Crippen molar-refractivity contribution < 1.29 is 4.79 Å². The molecule has 0 atom stereocenters. The lowest BCUT2D eigenvalue weighted by Gasteiger charge is -2.11. The van der Waals surface area contributed by atoms with Crippen LogP contribution in [-0.2, 0) is 6.54 Å². The number of carbonyl (C=O) groups is 1. The lowest BCUT2D eigenvalue weighted by molar-refractivity contribution is 0.0948. The van der Waals surface area contributed by atoms with Crippen molar-refractivity contribution in [2.45, 2.75) is 16.3 Å². The van der Waals surface area contributed by atoms with Gasteiger partial charge < -0.3 is 5.32 Å². The lowest BCUT2D eigenvalue weighted by Crippen LogP contribution is -2.23. The molecule has 0 saturated carbocycles. The average molecular weight is 369 g/mol. The summed E-state index contributed by atoms with van der Waals surface area (Å²) in [5.74, 6) is -0.183. The van der Waals surface area contributed by atoms with Gasteiger partial charge in [0.2, 0.25) is 0 Å². The minimum absolute atomic E-state index is 0.183. The molecule has 0 saturated heterocycles. The predicted octanol–water partition coefficient (Wildman–Crippen LogP) is 4.51. The van der Waals surface area contributed by atoms with Crippen molar-refractivity contribution in [1.29, 1.82) is 10.5 Å². The van der Waals surface area contributed by atoms with Crippen molar-refractivity contribution in [3.05, 3.63) is 95.1 Å². The summed E-state index contributed by atoms with van der Waals surface area (Å²) in [6, 6.07) is 26.0. The number of nitriles is 2. The van der Waals surface area contributed by atoms with Crippen LogP contribution in [0.2, 0.25) is 0 Å². The van der Waals surface area contributed by atoms with E-state index in [0.29, 0.717) is 23.2 Å². The van der Waals surface area contributed by atoms with Crippen molar-refractivity contribution in [3.63, 3.8) is 0 Å². The van der Waals surface area contributed by atoms with Crippen LogP contribution >= 0.6 is 11.8 Å². The van der Waals surface area contributed by atoms with Crippen LogP contribution in [0.1, 0.15) is 27.0 Å². The molecule has 0 radical (unpaired) electrons. The number of nitrogens with one attached hydrogen (secondary N) is 1. The van der Waals surface area contributed by atoms with E-state index in [9.17, 15) is 10.1 Å². The first-order valence-electron chi connectivity index (χ1n) is 8.24. The summed E-state index contributed by atoms with van der Waals surface area (Å²) >= 11 is 1.40. The molecule has 130 valence electrons. The SMILES string of the molecule is N#Cc1ccc(CNC(=O)c2ccccc2Sc2ccccc2C#N)cc1. The molecule has 3 aromatic carbocycles. The summed E-state index contributed by atoms with van der Waals surface area (Å²) in [6.45, 7) is 0.373. The molecule has 0 spiro atoms. The monoisotopic (exact) mass is 369 g/mol. The van der Waals surface area contributed by atoms with Crippen molar-refractivity contribution in [1.82, 2.24) is 5.32 Å². The molecule has 0 heterocycles. The molecule has 0 bridgehead atoms. The van der Waals surface area contributed by atoms with Gasteiger partial charge >= 0.3 is 0 Å². The Balaban J connectivity index is 1.75. The molecule has 5 heteroatoms. The number of carbonyl (C=O) groups excluding carboxylic acids is 1. The first kappa shape index (κ1) is 18.3. The van der Waals surface area contributed by atoms with Crippen LogP contribution in [0, 0.1) is 22.7 Å². The van der Waals surface area contributed by atoms with E-state index in [1.54, 1.807) is 24.3 Å². The Hall–Kier alpha value is -3.54. The number of nitrogens with zero attached hydrogens (tertiary/aromatic N) is 2. The summed E-state index contributed by atoms with van der Waals surface area (Å²) in [5.41, 5.74) is 2.64. The molecular formula is C22H15N3OS. The smallest absolute Gasteiger partial charge is 0.252 e. The highest BCUT2D eigenvalue weighted by molar-refractivity contribution is 7.99. The fraction of sp³-hybridized carbons (Fsp3) is 0.0455. The van der Waals surface area contributed by atoms with E-state index in [-0.39, 0.29) is 5.91 Å². The van der Waals surface area contributed by atoms with Crippen LogP contribution < -0.4 is 5.32 Å². The molecule has 1 N–H and O–H groups in total. The molecule has 3 aromatic rings. The third-order valence-electron chi connectivity index (χ3n) is 3.90. The molecule has 0 aliphatic rings.